The van der Waals surface area contributed by atoms with Crippen molar-refractivity contribution in [2.75, 3.05) is 38.2 Å². The molecule has 33 heavy (non-hydrogen) atoms. The number of fused-ring (bicyclic) bond motifs is 1. The van der Waals surface area contributed by atoms with Crippen molar-refractivity contribution in [3.63, 3.8) is 0 Å². The average molecular weight is 459 g/mol. The number of likely N-dealkylation sites (tertiary alicyclic amines) is 1. The highest BCUT2D eigenvalue weighted by atomic mass is 16.6. The fourth-order valence-corrected chi connectivity index (χ4v) is 4.72. The summed E-state index contributed by atoms with van der Waals surface area (Å²) in [5.74, 6) is 1.30. The van der Waals surface area contributed by atoms with Crippen LogP contribution in [0.5, 0.6) is 11.5 Å². The lowest BCUT2D eigenvalue weighted by molar-refractivity contribution is -0.127. The molecule has 2 heterocycles. The predicted octanol–water partition coefficient (Wildman–Crippen LogP) is 2.66. The van der Waals surface area contributed by atoms with Crippen molar-refractivity contribution in [1.82, 2.24) is 15.5 Å². The Kier molecular flexibility index (Phi) is 8.04. The molecule has 4 rings (SSSR count). The number of ether oxygens (including phenoxy) is 2. The molecular formula is C24H34N4O5. The molecule has 0 bridgehead atoms. The van der Waals surface area contributed by atoms with Gasteiger partial charge in [-0.1, -0.05) is 19.3 Å². The molecule has 0 radical (unpaired) electrons. The van der Waals surface area contributed by atoms with Gasteiger partial charge in [0.25, 0.3) is 0 Å². The van der Waals surface area contributed by atoms with Gasteiger partial charge in [0.15, 0.2) is 11.5 Å². The van der Waals surface area contributed by atoms with Gasteiger partial charge in [-0.05, 0) is 37.8 Å². The van der Waals surface area contributed by atoms with E-state index in [-0.39, 0.29) is 30.2 Å². The summed E-state index contributed by atoms with van der Waals surface area (Å²) in [5.41, 5.74) is 0.530. The van der Waals surface area contributed by atoms with Gasteiger partial charge in [-0.25, -0.2) is 4.79 Å². The Morgan fingerprint density at radius 3 is 2.42 bits per heavy atom. The van der Waals surface area contributed by atoms with Gasteiger partial charge >= 0.3 is 6.03 Å². The Balaban J connectivity index is 1.12. The molecule has 3 aliphatic rings. The van der Waals surface area contributed by atoms with Gasteiger partial charge in [0.05, 0.1) is 0 Å². The largest absolute Gasteiger partial charge is 0.486 e. The maximum atomic E-state index is 12.4. The summed E-state index contributed by atoms with van der Waals surface area (Å²) in [4.78, 5) is 39.0. The van der Waals surface area contributed by atoms with Gasteiger partial charge in [-0.2, -0.15) is 0 Å². The van der Waals surface area contributed by atoms with Crippen molar-refractivity contribution in [2.24, 2.45) is 5.92 Å². The highest BCUT2D eigenvalue weighted by Crippen LogP contribution is 2.32. The number of urea groups is 1. The number of hydrogen-bond acceptors (Lipinski definition) is 6. The summed E-state index contributed by atoms with van der Waals surface area (Å²) < 4.78 is 11.0. The molecule has 1 aromatic carbocycles. The molecule has 2 aliphatic heterocycles. The van der Waals surface area contributed by atoms with Gasteiger partial charge in [-0.3, -0.25) is 14.9 Å². The van der Waals surface area contributed by atoms with Crippen molar-refractivity contribution in [3.8, 4) is 11.5 Å². The molecule has 2 fully saturated rings. The minimum atomic E-state index is -0.569. The molecule has 1 saturated heterocycles. The number of carbonyl (C=O) groups excluding carboxylic acids is 3. The lowest BCUT2D eigenvalue weighted by Gasteiger charge is -2.33. The molecule has 1 aliphatic carbocycles. The van der Waals surface area contributed by atoms with Crippen molar-refractivity contribution in [1.29, 1.82) is 0 Å². The number of hydrogen-bond donors (Lipinski definition) is 3. The molecule has 3 N–H and O–H groups in total. The van der Waals surface area contributed by atoms with Crippen LogP contribution < -0.4 is 25.4 Å². The highest BCUT2D eigenvalue weighted by molar-refractivity contribution is 6.01. The molecule has 180 valence electrons. The second-order valence-corrected chi connectivity index (χ2v) is 9.07. The number of benzene rings is 1. The van der Waals surface area contributed by atoms with Crippen LogP contribution in [-0.4, -0.2) is 61.6 Å². The zero-order chi connectivity index (χ0) is 23.0. The van der Waals surface area contributed by atoms with E-state index in [9.17, 15) is 14.4 Å². The summed E-state index contributed by atoms with van der Waals surface area (Å²) in [5, 5.41) is 8.25. The monoisotopic (exact) mass is 458 g/mol. The minimum absolute atomic E-state index is 0.189. The molecule has 0 unspecified atom stereocenters. The van der Waals surface area contributed by atoms with Crippen LogP contribution in [-0.2, 0) is 9.59 Å². The maximum absolute atomic E-state index is 12.4. The van der Waals surface area contributed by atoms with E-state index in [1.165, 1.54) is 6.42 Å². The SMILES string of the molecule is O=C(CCN1CCC(NC(=O)C2CCCCC2)CC1)NC(=O)Nc1ccc2c(c1)OCCO2. The summed E-state index contributed by atoms with van der Waals surface area (Å²) >= 11 is 0. The summed E-state index contributed by atoms with van der Waals surface area (Å²) in [6.45, 7) is 3.23. The molecule has 1 saturated carbocycles. The van der Waals surface area contributed by atoms with E-state index in [4.69, 9.17) is 9.47 Å². The third-order valence-electron chi connectivity index (χ3n) is 6.62. The van der Waals surface area contributed by atoms with Gasteiger partial charge in [0, 0.05) is 49.8 Å². The van der Waals surface area contributed by atoms with Crippen LogP contribution in [0.15, 0.2) is 18.2 Å². The van der Waals surface area contributed by atoms with E-state index < -0.39 is 6.03 Å². The van der Waals surface area contributed by atoms with E-state index in [1.54, 1.807) is 18.2 Å². The molecule has 9 heteroatoms. The van der Waals surface area contributed by atoms with Crippen LogP contribution in [0, 0.1) is 5.92 Å². The number of piperidine rings is 1. The van der Waals surface area contributed by atoms with Crippen molar-refractivity contribution in [3.05, 3.63) is 18.2 Å². The Hall–Kier alpha value is -2.81. The third kappa shape index (κ3) is 6.83. The fourth-order valence-electron chi connectivity index (χ4n) is 4.72. The van der Waals surface area contributed by atoms with E-state index in [1.807, 2.05) is 0 Å². The van der Waals surface area contributed by atoms with E-state index in [0.717, 1.165) is 51.6 Å². The smallest absolute Gasteiger partial charge is 0.325 e. The first-order valence-corrected chi connectivity index (χ1v) is 12.1. The van der Waals surface area contributed by atoms with E-state index >= 15 is 0 Å². The van der Waals surface area contributed by atoms with Crippen molar-refractivity contribution >= 4 is 23.5 Å². The van der Waals surface area contributed by atoms with Gasteiger partial charge < -0.3 is 25.0 Å². The summed E-state index contributed by atoms with van der Waals surface area (Å²) in [6.07, 6.45) is 7.63. The lowest BCUT2D eigenvalue weighted by Crippen LogP contribution is -2.47. The quantitative estimate of drug-likeness (QED) is 0.605. The number of amides is 4. The summed E-state index contributed by atoms with van der Waals surface area (Å²) in [6, 6.07) is 4.76. The highest BCUT2D eigenvalue weighted by Gasteiger charge is 2.26. The molecule has 9 nitrogen and oxygen atoms in total. The summed E-state index contributed by atoms with van der Waals surface area (Å²) in [7, 11) is 0. The molecule has 0 atom stereocenters. The molecule has 1 aromatic rings. The van der Waals surface area contributed by atoms with E-state index in [2.05, 4.69) is 20.9 Å². The van der Waals surface area contributed by atoms with Crippen LogP contribution in [0.1, 0.15) is 51.4 Å². The van der Waals surface area contributed by atoms with Gasteiger partial charge in [0.2, 0.25) is 11.8 Å². The number of carbonyl (C=O) groups is 3. The van der Waals surface area contributed by atoms with Gasteiger partial charge in [0.1, 0.15) is 13.2 Å². The second-order valence-electron chi connectivity index (χ2n) is 9.07. The Morgan fingerprint density at radius 1 is 0.939 bits per heavy atom. The number of nitrogens with zero attached hydrogens (tertiary/aromatic N) is 1. The van der Waals surface area contributed by atoms with Crippen LogP contribution in [0.3, 0.4) is 0 Å². The zero-order valence-electron chi connectivity index (χ0n) is 19.1. The zero-order valence-corrected chi connectivity index (χ0v) is 19.1. The predicted molar refractivity (Wildman–Crippen MR) is 123 cm³/mol. The molecule has 0 aromatic heterocycles. The third-order valence-corrected chi connectivity index (χ3v) is 6.62. The fraction of sp³-hybridized carbons (Fsp3) is 0.625. The molecule has 4 amide bonds. The Morgan fingerprint density at radius 2 is 1.67 bits per heavy atom. The normalized spacial score (nSPS) is 19.5. The number of rotatable bonds is 6. The lowest BCUT2D eigenvalue weighted by atomic mass is 9.88. The minimum Gasteiger partial charge on any atom is -0.486 e. The Labute approximate surface area is 194 Å². The number of anilines is 1. The average Bonchev–Trinajstić information content (AvgIpc) is 2.84. The van der Waals surface area contributed by atoms with Crippen LogP contribution in [0.2, 0.25) is 0 Å². The van der Waals surface area contributed by atoms with Crippen molar-refractivity contribution < 1.29 is 23.9 Å². The molecular weight excluding hydrogens is 424 g/mol. The van der Waals surface area contributed by atoms with Crippen LogP contribution in [0.4, 0.5) is 10.5 Å². The molecule has 0 spiro atoms. The van der Waals surface area contributed by atoms with Crippen LogP contribution in [0.25, 0.3) is 0 Å². The van der Waals surface area contributed by atoms with E-state index in [0.29, 0.717) is 36.9 Å². The van der Waals surface area contributed by atoms with Crippen molar-refractivity contribution in [2.45, 2.75) is 57.4 Å². The van der Waals surface area contributed by atoms with Gasteiger partial charge in [-0.15, -0.1) is 0 Å². The van der Waals surface area contributed by atoms with Crippen LogP contribution >= 0.6 is 0 Å². The second kappa shape index (κ2) is 11.4. The first-order chi connectivity index (χ1) is 16.1. The first kappa shape index (κ1) is 23.4. The standard InChI is InChI=1S/C24H34N4O5/c29-22(27-24(31)26-19-6-7-20-21(16-19)33-15-14-32-20)10-13-28-11-8-18(9-12-28)25-23(30)17-4-2-1-3-5-17/h6-7,16-18H,1-5,8-15H2,(H,25,30)(H2,26,27,29,31). The Bertz CT molecular complexity index is 847. The maximum Gasteiger partial charge on any atom is 0.325 e. The number of imide groups is 1. The topological polar surface area (TPSA) is 109 Å². The number of nitrogens with one attached hydrogen (secondary N) is 3. The first-order valence-electron chi connectivity index (χ1n) is 12.1.